The molecule has 2 aromatic heterocycles. The second kappa shape index (κ2) is 12.2. The van der Waals surface area contributed by atoms with Crippen molar-refractivity contribution in [1.82, 2.24) is 24.5 Å². The summed E-state index contributed by atoms with van der Waals surface area (Å²) in [6.07, 6.45) is 0.273. The summed E-state index contributed by atoms with van der Waals surface area (Å²) in [6, 6.07) is 16.5. The van der Waals surface area contributed by atoms with Crippen molar-refractivity contribution in [3.8, 4) is 0 Å². The first-order chi connectivity index (χ1) is 18.2. The van der Waals surface area contributed by atoms with Crippen molar-refractivity contribution >= 4 is 45.0 Å². The number of sulfonamides is 1. The van der Waals surface area contributed by atoms with Crippen LogP contribution in [-0.2, 0) is 26.0 Å². The number of aromatic nitrogens is 4. The van der Waals surface area contributed by atoms with E-state index in [0.29, 0.717) is 27.7 Å². The molecule has 0 aliphatic rings. The number of anilines is 1. The SMILES string of the molecule is CCOC(=O)c1ccc(NC(=O)CSc2ccc3nnc(CCNS(=O)(=O)c4ccc(C)cc4)n3n2)cc1. The second-order valence-corrected chi connectivity index (χ2v) is 10.9. The Morgan fingerprint density at radius 2 is 1.74 bits per heavy atom. The fourth-order valence-corrected chi connectivity index (χ4v) is 5.07. The van der Waals surface area contributed by atoms with Crippen molar-refractivity contribution in [3.05, 3.63) is 77.6 Å². The first-order valence-corrected chi connectivity index (χ1v) is 14.2. The van der Waals surface area contributed by atoms with Crippen LogP contribution >= 0.6 is 11.8 Å². The van der Waals surface area contributed by atoms with E-state index in [9.17, 15) is 18.0 Å². The maximum Gasteiger partial charge on any atom is 0.338 e. The van der Waals surface area contributed by atoms with Gasteiger partial charge in [-0.05, 0) is 62.4 Å². The summed E-state index contributed by atoms with van der Waals surface area (Å²) in [5.41, 5.74) is 2.45. The van der Waals surface area contributed by atoms with E-state index in [1.807, 2.05) is 6.92 Å². The van der Waals surface area contributed by atoms with Gasteiger partial charge in [-0.15, -0.1) is 10.2 Å². The number of carbonyl (C=O) groups excluding carboxylic acids is 2. The van der Waals surface area contributed by atoms with E-state index in [0.717, 1.165) is 5.56 Å². The van der Waals surface area contributed by atoms with Crippen molar-refractivity contribution < 1.29 is 22.7 Å². The number of aryl methyl sites for hydroxylation is 1. The zero-order valence-electron chi connectivity index (χ0n) is 20.7. The van der Waals surface area contributed by atoms with Crippen LogP contribution in [-0.4, -0.2) is 59.0 Å². The number of esters is 1. The third-order valence-electron chi connectivity index (χ3n) is 5.31. The lowest BCUT2D eigenvalue weighted by molar-refractivity contribution is -0.113. The van der Waals surface area contributed by atoms with E-state index in [2.05, 4.69) is 25.3 Å². The lowest BCUT2D eigenvalue weighted by Gasteiger charge is -2.07. The highest BCUT2D eigenvalue weighted by Crippen LogP contribution is 2.18. The topological polar surface area (TPSA) is 145 Å². The molecule has 4 rings (SSSR count). The summed E-state index contributed by atoms with van der Waals surface area (Å²) in [5.74, 6) is -0.0683. The van der Waals surface area contributed by atoms with E-state index < -0.39 is 16.0 Å². The van der Waals surface area contributed by atoms with Crippen molar-refractivity contribution in [2.75, 3.05) is 24.2 Å². The number of nitrogens with one attached hydrogen (secondary N) is 2. The van der Waals surface area contributed by atoms with Crippen LogP contribution < -0.4 is 10.0 Å². The third-order valence-corrected chi connectivity index (χ3v) is 7.70. The zero-order chi connectivity index (χ0) is 27.1. The maximum absolute atomic E-state index is 12.5. The van der Waals surface area contributed by atoms with Crippen LogP contribution in [0.5, 0.6) is 0 Å². The fraction of sp³-hybridized carbons (Fsp3) is 0.240. The van der Waals surface area contributed by atoms with Gasteiger partial charge in [0.15, 0.2) is 11.5 Å². The number of hydrogen-bond acceptors (Lipinski definition) is 9. The number of ether oxygens (including phenoxy) is 1. The Labute approximate surface area is 224 Å². The Balaban J connectivity index is 1.32. The molecule has 0 spiro atoms. The minimum atomic E-state index is -3.64. The van der Waals surface area contributed by atoms with Gasteiger partial charge in [-0.3, -0.25) is 4.79 Å². The average Bonchev–Trinajstić information content (AvgIpc) is 3.30. The summed E-state index contributed by atoms with van der Waals surface area (Å²) in [4.78, 5) is 24.3. The van der Waals surface area contributed by atoms with Crippen LogP contribution in [0.15, 0.2) is 70.6 Å². The molecule has 0 unspecified atom stereocenters. The molecule has 0 bridgehead atoms. The van der Waals surface area contributed by atoms with Crippen molar-refractivity contribution in [2.45, 2.75) is 30.2 Å². The van der Waals surface area contributed by atoms with Crippen LogP contribution in [0.25, 0.3) is 5.65 Å². The minimum Gasteiger partial charge on any atom is -0.462 e. The average molecular weight is 555 g/mol. The molecule has 0 radical (unpaired) electrons. The van der Waals surface area contributed by atoms with Crippen LogP contribution in [0.3, 0.4) is 0 Å². The summed E-state index contributed by atoms with van der Waals surface area (Å²) in [5, 5.41) is 16.0. The normalized spacial score (nSPS) is 11.4. The summed E-state index contributed by atoms with van der Waals surface area (Å²) < 4.78 is 34.1. The standard InChI is InChI=1S/C25H26N6O5S2/c1-3-36-25(33)18-6-8-19(9-7-18)27-23(32)16-37-24-13-12-21-28-29-22(31(21)30-24)14-15-26-38(34,35)20-10-4-17(2)5-11-20/h4-13,26H,3,14-16H2,1-2H3,(H,27,32). The molecule has 11 nitrogen and oxygen atoms in total. The lowest BCUT2D eigenvalue weighted by atomic mass is 10.2. The van der Waals surface area contributed by atoms with Gasteiger partial charge in [-0.1, -0.05) is 29.5 Å². The number of benzene rings is 2. The van der Waals surface area contributed by atoms with Crippen LogP contribution in [0, 0.1) is 6.92 Å². The van der Waals surface area contributed by atoms with Crippen molar-refractivity contribution in [1.29, 1.82) is 0 Å². The van der Waals surface area contributed by atoms with Crippen molar-refractivity contribution in [3.63, 3.8) is 0 Å². The number of rotatable bonds is 11. The van der Waals surface area contributed by atoms with E-state index in [1.165, 1.54) is 16.3 Å². The molecule has 0 saturated heterocycles. The third kappa shape index (κ3) is 6.94. The first kappa shape index (κ1) is 27.2. The zero-order valence-corrected chi connectivity index (χ0v) is 22.4. The van der Waals surface area contributed by atoms with Gasteiger partial charge in [-0.2, -0.15) is 9.61 Å². The monoisotopic (exact) mass is 554 g/mol. The molecule has 38 heavy (non-hydrogen) atoms. The highest BCUT2D eigenvalue weighted by molar-refractivity contribution is 7.99. The quantitative estimate of drug-likeness (QED) is 0.211. The molecule has 0 aliphatic carbocycles. The largest absolute Gasteiger partial charge is 0.462 e. The van der Waals surface area contributed by atoms with Gasteiger partial charge < -0.3 is 10.1 Å². The highest BCUT2D eigenvalue weighted by atomic mass is 32.2. The number of nitrogens with zero attached hydrogens (tertiary/aromatic N) is 4. The molecule has 2 heterocycles. The fourth-order valence-electron chi connectivity index (χ4n) is 3.39. The molecule has 198 valence electrons. The van der Waals surface area contributed by atoms with Crippen LogP contribution in [0.2, 0.25) is 0 Å². The molecule has 0 aliphatic heterocycles. The summed E-state index contributed by atoms with van der Waals surface area (Å²) in [6.45, 7) is 4.03. The Kier molecular flexibility index (Phi) is 8.71. The van der Waals surface area contributed by atoms with Crippen LogP contribution in [0.1, 0.15) is 28.7 Å². The Bertz CT molecular complexity index is 1540. The molecule has 4 aromatic rings. The number of fused-ring (bicyclic) bond motifs is 1. The number of carbonyl (C=O) groups is 2. The molecule has 13 heteroatoms. The van der Waals surface area contributed by atoms with E-state index >= 15 is 0 Å². The van der Waals surface area contributed by atoms with Gasteiger partial charge in [-0.25, -0.2) is 17.9 Å². The van der Waals surface area contributed by atoms with Crippen LogP contribution in [0.4, 0.5) is 5.69 Å². The number of amides is 1. The summed E-state index contributed by atoms with van der Waals surface area (Å²) in [7, 11) is -3.64. The molecule has 2 N–H and O–H groups in total. The molecule has 0 saturated carbocycles. The van der Waals surface area contributed by atoms with Gasteiger partial charge in [0.2, 0.25) is 15.9 Å². The smallest absolute Gasteiger partial charge is 0.338 e. The highest BCUT2D eigenvalue weighted by Gasteiger charge is 2.15. The Hall–Kier alpha value is -3.81. The molecule has 0 fully saturated rings. The molecule has 2 aromatic carbocycles. The van der Waals surface area contributed by atoms with Gasteiger partial charge in [0.05, 0.1) is 22.8 Å². The molecule has 0 atom stereocenters. The molecule has 1 amide bonds. The predicted molar refractivity (Wildman–Crippen MR) is 143 cm³/mol. The maximum atomic E-state index is 12.5. The number of thioether (sulfide) groups is 1. The lowest BCUT2D eigenvalue weighted by Crippen LogP contribution is -2.26. The molecular formula is C25H26N6O5S2. The first-order valence-electron chi connectivity index (χ1n) is 11.7. The molecular weight excluding hydrogens is 528 g/mol. The van der Waals surface area contributed by atoms with Crippen molar-refractivity contribution in [2.24, 2.45) is 0 Å². The van der Waals surface area contributed by atoms with E-state index in [1.54, 1.807) is 67.6 Å². The predicted octanol–water partition coefficient (Wildman–Crippen LogP) is 2.86. The van der Waals surface area contributed by atoms with E-state index in [-0.39, 0.29) is 36.1 Å². The Morgan fingerprint density at radius 1 is 1.00 bits per heavy atom. The van der Waals surface area contributed by atoms with Gasteiger partial charge in [0, 0.05) is 18.7 Å². The van der Waals surface area contributed by atoms with Gasteiger partial charge in [0.25, 0.3) is 0 Å². The van der Waals surface area contributed by atoms with E-state index in [4.69, 9.17) is 4.74 Å². The Morgan fingerprint density at radius 3 is 2.45 bits per heavy atom. The van der Waals surface area contributed by atoms with Gasteiger partial charge >= 0.3 is 5.97 Å². The van der Waals surface area contributed by atoms with Gasteiger partial charge in [0.1, 0.15) is 5.03 Å². The minimum absolute atomic E-state index is 0.103. The second-order valence-electron chi connectivity index (χ2n) is 8.15. The number of hydrogen-bond donors (Lipinski definition) is 2. The summed E-state index contributed by atoms with van der Waals surface area (Å²) >= 11 is 1.23.